The molecule has 0 unspecified atom stereocenters. The highest BCUT2D eigenvalue weighted by Crippen LogP contribution is 2.31. The molecular weight excluding hydrogens is 218 g/mol. The summed E-state index contributed by atoms with van der Waals surface area (Å²) in [6.45, 7) is 5.08. The number of carbonyl (C=O) groups is 1. The minimum atomic E-state index is -0.128. The predicted molar refractivity (Wildman–Crippen MR) is 65.5 cm³/mol. The van der Waals surface area contributed by atoms with E-state index in [-0.39, 0.29) is 12.5 Å². The molecule has 0 aromatic heterocycles. The zero-order chi connectivity index (χ0) is 12.3. The molecule has 92 valence electrons. The number of hydrogen-bond donors (Lipinski definition) is 1. The fraction of sp³-hybridized carbons (Fsp3) is 0.462. The van der Waals surface area contributed by atoms with Crippen molar-refractivity contribution in [2.45, 2.75) is 20.3 Å². The van der Waals surface area contributed by atoms with Gasteiger partial charge < -0.3 is 14.8 Å². The van der Waals surface area contributed by atoms with Crippen LogP contribution in [0.5, 0.6) is 11.5 Å². The van der Waals surface area contributed by atoms with Crippen LogP contribution in [-0.2, 0) is 4.79 Å². The summed E-state index contributed by atoms with van der Waals surface area (Å²) < 4.78 is 10.9. The SMILES string of the molecule is CC(C)CCOc1ccc2c(c1)NC(=O)CO2. The summed E-state index contributed by atoms with van der Waals surface area (Å²) in [6.07, 6.45) is 1.01. The Kier molecular flexibility index (Phi) is 3.52. The molecule has 0 aliphatic carbocycles. The molecule has 0 fully saturated rings. The minimum absolute atomic E-state index is 0.0839. The van der Waals surface area contributed by atoms with Crippen LogP contribution >= 0.6 is 0 Å². The molecule has 0 saturated carbocycles. The third-order valence-corrected chi connectivity index (χ3v) is 2.55. The number of nitrogens with one attached hydrogen (secondary N) is 1. The molecule has 0 radical (unpaired) electrons. The van der Waals surface area contributed by atoms with E-state index in [0.717, 1.165) is 12.2 Å². The van der Waals surface area contributed by atoms with Crippen molar-refractivity contribution in [1.82, 2.24) is 0 Å². The maximum Gasteiger partial charge on any atom is 0.262 e. The lowest BCUT2D eigenvalue weighted by Crippen LogP contribution is -2.25. The summed E-state index contributed by atoms with van der Waals surface area (Å²) in [5, 5.41) is 2.76. The van der Waals surface area contributed by atoms with E-state index in [1.165, 1.54) is 0 Å². The van der Waals surface area contributed by atoms with Gasteiger partial charge in [0.1, 0.15) is 11.5 Å². The number of amides is 1. The number of benzene rings is 1. The van der Waals surface area contributed by atoms with Gasteiger partial charge in [-0.15, -0.1) is 0 Å². The Morgan fingerprint density at radius 2 is 2.29 bits per heavy atom. The molecule has 1 heterocycles. The quantitative estimate of drug-likeness (QED) is 0.872. The topological polar surface area (TPSA) is 47.6 Å². The molecule has 1 aromatic carbocycles. The van der Waals surface area contributed by atoms with E-state index < -0.39 is 0 Å². The number of fused-ring (bicyclic) bond motifs is 1. The highest BCUT2D eigenvalue weighted by atomic mass is 16.5. The molecule has 4 nitrogen and oxygen atoms in total. The predicted octanol–water partition coefficient (Wildman–Crippen LogP) is 2.44. The van der Waals surface area contributed by atoms with Gasteiger partial charge in [-0.3, -0.25) is 4.79 Å². The van der Waals surface area contributed by atoms with Gasteiger partial charge in [0.05, 0.1) is 12.3 Å². The second-order valence-corrected chi connectivity index (χ2v) is 4.53. The normalized spacial score (nSPS) is 13.9. The van der Waals surface area contributed by atoms with Crippen LogP contribution in [0.15, 0.2) is 18.2 Å². The van der Waals surface area contributed by atoms with Crippen molar-refractivity contribution < 1.29 is 14.3 Å². The number of rotatable bonds is 4. The maximum absolute atomic E-state index is 11.2. The molecule has 0 spiro atoms. The molecular formula is C13H17NO3. The van der Waals surface area contributed by atoms with E-state index in [0.29, 0.717) is 24.0 Å². The second-order valence-electron chi connectivity index (χ2n) is 4.53. The molecule has 1 aliphatic rings. The number of ether oxygens (including phenoxy) is 2. The Morgan fingerprint density at radius 1 is 1.47 bits per heavy atom. The number of carbonyl (C=O) groups excluding carboxylic acids is 1. The Bertz CT molecular complexity index is 415. The summed E-state index contributed by atoms with van der Waals surface area (Å²) in [7, 11) is 0. The molecule has 1 aromatic rings. The Labute approximate surface area is 101 Å². The van der Waals surface area contributed by atoms with Crippen molar-refractivity contribution in [3.63, 3.8) is 0 Å². The standard InChI is InChI=1S/C13H17NO3/c1-9(2)5-6-16-10-3-4-12-11(7-10)14-13(15)8-17-12/h3-4,7,9H,5-6,8H2,1-2H3,(H,14,15). The van der Waals surface area contributed by atoms with Crippen LogP contribution in [-0.4, -0.2) is 19.1 Å². The van der Waals surface area contributed by atoms with Gasteiger partial charge in [-0.05, 0) is 24.5 Å². The summed E-state index contributed by atoms with van der Waals surface area (Å²) in [4.78, 5) is 11.2. The molecule has 2 rings (SSSR count). The van der Waals surface area contributed by atoms with Crippen molar-refractivity contribution in [1.29, 1.82) is 0 Å². The highest BCUT2D eigenvalue weighted by molar-refractivity contribution is 5.95. The third kappa shape index (κ3) is 3.12. The van der Waals surface area contributed by atoms with E-state index in [2.05, 4.69) is 19.2 Å². The molecule has 1 amide bonds. The van der Waals surface area contributed by atoms with Crippen molar-refractivity contribution in [2.75, 3.05) is 18.5 Å². The molecule has 0 atom stereocenters. The van der Waals surface area contributed by atoms with Crippen LogP contribution in [0.4, 0.5) is 5.69 Å². The van der Waals surface area contributed by atoms with E-state index in [4.69, 9.17) is 9.47 Å². The average molecular weight is 235 g/mol. The Hall–Kier alpha value is -1.71. The van der Waals surface area contributed by atoms with Crippen molar-refractivity contribution in [3.05, 3.63) is 18.2 Å². The van der Waals surface area contributed by atoms with Crippen LogP contribution in [0.3, 0.4) is 0 Å². The van der Waals surface area contributed by atoms with E-state index in [1.54, 1.807) is 6.07 Å². The molecule has 1 aliphatic heterocycles. The van der Waals surface area contributed by atoms with E-state index in [1.807, 2.05) is 12.1 Å². The second kappa shape index (κ2) is 5.08. The first-order valence-electron chi connectivity index (χ1n) is 5.84. The van der Waals surface area contributed by atoms with Gasteiger partial charge in [0.25, 0.3) is 5.91 Å². The van der Waals surface area contributed by atoms with Crippen molar-refractivity contribution >= 4 is 11.6 Å². The first-order chi connectivity index (χ1) is 8.15. The Morgan fingerprint density at radius 3 is 3.06 bits per heavy atom. The largest absolute Gasteiger partial charge is 0.494 e. The first-order valence-corrected chi connectivity index (χ1v) is 5.84. The lowest BCUT2D eigenvalue weighted by Gasteiger charge is -2.18. The van der Waals surface area contributed by atoms with Crippen LogP contribution in [0.1, 0.15) is 20.3 Å². The monoisotopic (exact) mass is 235 g/mol. The maximum atomic E-state index is 11.2. The Balaban J connectivity index is 2.00. The van der Waals surface area contributed by atoms with Gasteiger partial charge in [-0.2, -0.15) is 0 Å². The third-order valence-electron chi connectivity index (χ3n) is 2.55. The summed E-state index contributed by atoms with van der Waals surface area (Å²) >= 11 is 0. The fourth-order valence-electron chi connectivity index (χ4n) is 1.56. The van der Waals surface area contributed by atoms with E-state index in [9.17, 15) is 4.79 Å². The fourth-order valence-corrected chi connectivity index (χ4v) is 1.56. The van der Waals surface area contributed by atoms with Gasteiger partial charge in [0.15, 0.2) is 6.61 Å². The van der Waals surface area contributed by atoms with Gasteiger partial charge in [-0.1, -0.05) is 13.8 Å². The lowest BCUT2D eigenvalue weighted by molar-refractivity contribution is -0.118. The van der Waals surface area contributed by atoms with Crippen LogP contribution in [0, 0.1) is 5.92 Å². The van der Waals surface area contributed by atoms with E-state index >= 15 is 0 Å². The minimum Gasteiger partial charge on any atom is -0.494 e. The van der Waals surface area contributed by atoms with Gasteiger partial charge in [0.2, 0.25) is 0 Å². The van der Waals surface area contributed by atoms with Gasteiger partial charge >= 0.3 is 0 Å². The van der Waals surface area contributed by atoms with Gasteiger partial charge in [-0.25, -0.2) is 0 Å². The van der Waals surface area contributed by atoms with Gasteiger partial charge in [0, 0.05) is 6.07 Å². The lowest BCUT2D eigenvalue weighted by atomic mass is 10.1. The molecule has 1 N–H and O–H groups in total. The summed E-state index contributed by atoms with van der Waals surface area (Å²) in [5.41, 5.74) is 0.684. The smallest absolute Gasteiger partial charge is 0.262 e. The molecule has 4 heteroatoms. The van der Waals surface area contributed by atoms with Crippen LogP contribution in [0.2, 0.25) is 0 Å². The van der Waals surface area contributed by atoms with Crippen LogP contribution in [0.25, 0.3) is 0 Å². The van der Waals surface area contributed by atoms with Crippen molar-refractivity contribution in [3.8, 4) is 11.5 Å². The molecule has 0 saturated heterocycles. The number of hydrogen-bond acceptors (Lipinski definition) is 3. The molecule has 17 heavy (non-hydrogen) atoms. The number of anilines is 1. The zero-order valence-corrected chi connectivity index (χ0v) is 10.2. The van der Waals surface area contributed by atoms with Crippen molar-refractivity contribution in [2.24, 2.45) is 5.92 Å². The highest BCUT2D eigenvalue weighted by Gasteiger charge is 2.16. The van der Waals surface area contributed by atoms with Crippen LogP contribution < -0.4 is 14.8 Å². The molecule has 0 bridgehead atoms. The summed E-state index contributed by atoms with van der Waals surface area (Å²) in [6, 6.07) is 5.48. The first kappa shape index (κ1) is 11.8. The average Bonchev–Trinajstić information content (AvgIpc) is 2.28. The zero-order valence-electron chi connectivity index (χ0n) is 10.2. The summed E-state index contributed by atoms with van der Waals surface area (Å²) in [5.74, 6) is 1.95.